The van der Waals surface area contributed by atoms with Gasteiger partial charge < -0.3 is 0 Å². The van der Waals surface area contributed by atoms with Crippen molar-refractivity contribution in [3.8, 4) is 0 Å². The first-order valence-electron chi connectivity index (χ1n) is 6.35. The van der Waals surface area contributed by atoms with Gasteiger partial charge in [0.25, 0.3) is 0 Å². The first kappa shape index (κ1) is 9.86. The Morgan fingerprint density at radius 1 is 1.13 bits per heavy atom. The van der Waals surface area contributed by atoms with E-state index in [2.05, 4.69) is 11.6 Å². The van der Waals surface area contributed by atoms with Crippen LogP contribution in [0.15, 0.2) is 12.7 Å². The highest BCUT2D eigenvalue weighted by Crippen LogP contribution is 2.57. The van der Waals surface area contributed by atoms with Gasteiger partial charge in [-0.15, -0.1) is 6.58 Å². The summed E-state index contributed by atoms with van der Waals surface area (Å²) in [5.74, 6) is 9.18. The van der Waals surface area contributed by atoms with E-state index in [1.165, 1.54) is 38.5 Å². The smallest absolute Gasteiger partial charge is 0.0363 e. The summed E-state index contributed by atoms with van der Waals surface area (Å²) in [6, 6.07) is 0. The van der Waals surface area contributed by atoms with Crippen molar-refractivity contribution in [2.75, 3.05) is 6.54 Å². The molecule has 4 rings (SSSR count). The first-order valence-corrected chi connectivity index (χ1v) is 6.35. The largest absolute Gasteiger partial charge is 0.268 e. The van der Waals surface area contributed by atoms with Gasteiger partial charge >= 0.3 is 0 Å². The van der Waals surface area contributed by atoms with Crippen LogP contribution < -0.4 is 5.84 Å². The topological polar surface area (TPSA) is 29.3 Å². The van der Waals surface area contributed by atoms with Crippen LogP contribution >= 0.6 is 0 Å². The Morgan fingerprint density at radius 2 is 1.60 bits per heavy atom. The van der Waals surface area contributed by atoms with Gasteiger partial charge in [0.2, 0.25) is 0 Å². The second kappa shape index (κ2) is 3.33. The summed E-state index contributed by atoms with van der Waals surface area (Å²) in [6.45, 7) is 4.66. The summed E-state index contributed by atoms with van der Waals surface area (Å²) in [6.07, 6.45) is 10.5. The van der Waals surface area contributed by atoms with E-state index in [9.17, 15) is 0 Å². The molecule has 4 bridgehead atoms. The van der Waals surface area contributed by atoms with Gasteiger partial charge in [-0.3, -0.25) is 5.84 Å². The summed E-state index contributed by atoms with van der Waals surface area (Å²) < 4.78 is 0. The van der Waals surface area contributed by atoms with Crippen molar-refractivity contribution in [2.24, 2.45) is 23.6 Å². The second-order valence-corrected chi connectivity index (χ2v) is 6.08. The maximum atomic E-state index is 6.25. The zero-order valence-corrected chi connectivity index (χ0v) is 9.49. The Labute approximate surface area is 92.5 Å². The van der Waals surface area contributed by atoms with Gasteiger partial charge in [0.1, 0.15) is 0 Å². The lowest BCUT2D eigenvalue weighted by Crippen LogP contribution is -2.62. The normalized spacial score (nSPS) is 47.5. The highest BCUT2D eigenvalue weighted by atomic mass is 15.4. The standard InChI is InChI=1S/C13H22N2/c1-2-3-15(14)13-7-10-4-11(8-13)6-12(5-10)9-13/h2,10-12H,1,3-9,14H2. The van der Waals surface area contributed by atoms with Crippen LogP contribution in [0.25, 0.3) is 0 Å². The fraction of sp³-hybridized carbons (Fsp3) is 0.846. The van der Waals surface area contributed by atoms with Crippen LogP contribution in [0.5, 0.6) is 0 Å². The molecule has 0 aromatic rings. The van der Waals surface area contributed by atoms with E-state index < -0.39 is 0 Å². The third kappa shape index (κ3) is 1.46. The monoisotopic (exact) mass is 206 g/mol. The van der Waals surface area contributed by atoms with Crippen LogP contribution in [0.2, 0.25) is 0 Å². The third-order valence-corrected chi connectivity index (χ3v) is 4.94. The lowest BCUT2D eigenvalue weighted by molar-refractivity contribution is -0.0856. The molecule has 0 unspecified atom stereocenters. The Hall–Kier alpha value is -0.340. The first-order chi connectivity index (χ1) is 7.22. The number of hydrogen-bond acceptors (Lipinski definition) is 2. The van der Waals surface area contributed by atoms with E-state index in [1.807, 2.05) is 6.08 Å². The van der Waals surface area contributed by atoms with Crippen LogP contribution in [0.4, 0.5) is 0 Å². The zero-order chi connectivity index (χ0) is 10.5. The van der Waals surface area contributed by atoms with E-state index in [1.54, 1.807) is 0 Å². The molecule has 0 aliphatic heterocycles. The van der Waals surface area contributed by atoms with Crippen molar-refractivity contribution in [3.05, 3.63) is 12.7 Å². The van der Waals surface area contributed by atoms with E-state index >= 15 is 0 Å². The Morgan fingerprint density at radius 3 is 2.00 bits per heavy atom. The van der Waals surface area contributed by atoms with Crippen LogP contribution in [0.1, 0.15) is 38.5 Å². The number of hydrazine groups is 1. The molecule has 0 saturated heterocycles. The zero-order valence-electron chi connectivity index (χ0n) is 9.49. The van der Waals surface area contributed by atoms with Crippen molar-refractivity contribution in [2.45, 2.75) is 44.1 Å². The lowest BCUT2D eigenvalue weighted by Gasteiger charge is -2.59. The van der Waals surface area contributed by atoms with Crippen molar-refractivity contribution >= 4 is 0 Å². The molecule has 0 radical (unpaired) electrons. The molecule has 0 aromatic carbocycles. The SMILES string of the molecule is C=CCN(N)C12CC3CC(CC(C3)C1)C2. The summed E-state index contributed by atoms with van der Waals surface area (Å²) in [5, 5.41) is 2.10. The van der Waals surface area contributed by atoms with Gasteiger partial charge in [-0.2, -0.15) is 0 Å². The number of hydrogen-bond donors (Lipinski definition) is 1. The van der Waals surface area contributed by atoms with E-state index in [0.29, 0.717) is 5.54 Å². The van der Waals surface area contributed by atoms with Crippen LogP contribution in [0.3, 0.4) is 0 Å². The van der Waals surface area contributed by atoms with Gasteiger partial charge in [0.15, 0.2) is 0 Å². The number of nitrogens with two attached hydrogens (primary N) is 1. The van der Waals surface area contributed by atoms with Gasteiger partial charge in [0.05, 0.1) is 0 Å². The molecule has 4 aliphatic rings. The summed E-state index contributed by atoms with van der Waals surface area (Å²) in [7, 11) is 0. The minimum absolute atomic E-state index is 0.350. The molecule has 4 aliphatic carbocycles. The van der Waals surface area contributed by atoms with Gasteiger partial charge in [-0.05, 0) is 56.3 Å². The lowest BCUT2D eigenvalue weighted by atomic mass is 9.53. The molecule has 0 spiro atoms. The van der Waals surface area contributed by atoms with Crippen molar-refractivity contribution in [1.82, 2.24) is 5.01 Å². The predicted octanol–water partition coefficient (Wildman–Crippen LogP) is 2.32. The minimum atomic E-state index is 0.350. The molecule has 2 N–H and O–H groups in total. The third-order valence-electron chi connectivity index (χ3n) is 4.94. The molecule has 84 valence electrons. The van der Waals surface area contributed by atoms with Crippen molar-refractivity contribution in [3.63, 3.8) is 0 Å². The molecule has 2 nitrogen and oxygen atoms in total. The molecule has 4 saturated carbocycles. The number of nitrogens with zero attached hydrogens (tertiary/aromatic N) is 1. The maximum Gasteiger partial charge on any atom is 0.0363 e. The minimum Gasteiger partial charge on any atom is -0.268 e. The Kier molecular flexibility index (Phi) is 2.18. The molecular formula is C13H22N2. The average Bonchev–Trinajstić information content (AvgIpc) is 2.15. The molecule has 15 heavy (non-hydrogen) atoms. The van der Waals surface area contributed by atoms with Gasteiger partial charge in [-0.1, -0.05) is 6.08 Å². The Bertz CT molecular complexity index is 236. The second-order valence-electron chi connectivity index (χ2n) is 6.08. The Balaban J connectivity index is 1.83. The quantitative estimate of drug-likeness (QED) is 0.436. The highest BCUT2D eigenvalue weighted by Gasteiger charge is 2.52. The van der Waals surface area contributed by atoms with E-state index in [0.717, 1.165) is 24.3 Å². The van der Waals surface area contributed by atoms with Crippen LogP contribution in [0, 0.1) is 17.8 Å². The molecule has 2 heteroatoms. The summed E-state index contributed by atoms with van der Waals surface area (Å²) in [4.78, 5) is 0. The molecule has 0 heterocycles. The molecule has 0 aromatic heterocycles. The molecule has 4 fully saturated rings. The highest BCUT2D eigenvalue weighted by molar-refractivity contribution is 5.07. The molecular weight excluding hydrogens is 184 g/mol. The fourth-order valence-electron chi connectivity index (χ4n) is 4.75. The predicted molar refractivity (Wildman–Crippen MR) is 62.0 cm³/mol. The maximum absolute atomic E-state index is 6.25. The molecule has 0 amide bonds. The van der Waals surface area contributed by atoms with Crippen molar-refractivity contribution in [1.29, 1.82) is 0 Å². The summed E-state index contributed by atoms with van der Waals surface area (Å²) in [5.41, 5.74) is 0.350. The van der Waals surface area contributed by atoms with Gasteiger partial charge in [0, 0.05) is 12.1 Å². The average molecular weight is 206 g/mol. The molecule has 0 atom stereocenters. The van der Waals surface area contributed by atoms with Crippen LogP contribution in [-0.2, 0) is 0 Å². The van der Waals surface area contributed by atoms with Crippen LogP contribution in [-0.4, -0.2) is 17.1 Å². The number of rotatable bonds is 3. The van der Waals surface area contributed by atoms with Gasteiger partial charge in [-0.25, -0.2) is 5.01 Å². The fourth-order valence-corrected chi connectivity index (χ4v) is 4.75. The van der Waals surface area contributed by atoms with E-state index in [-0.39, 0.29) is 0 Å². The summed E-state index contributed by atoms with van der Waals surface area (Å²) >= 11 is 0. The van der Waals surface area contributed by atoms with Crippen molar-refractivity contribution < 1.29 is 0 Å². The van der Waals surface area contributed by atoms with E-state index in [4.69, 9.17) is 5.84 Å².